The van der Waals surface area contributed by atoms with Crippen molar-refractivity contribution in [1.82, 2.24) is 4.90 Å². The fourth-order valence-electron chi connectivity index (χ4n) is 3.11. The summed E-state index contributed by atoms with van der Waals surface area (Å²) in [5, 5.41) is 0. The van der Waals surface area contributed by atoms with Gasteiger partial charge in [-0.15, -0.1) is 0 Å². The Bertz CT molecular complexity index is 608. The van der Waals surface area contributed by atoms with Gasteiger partial charge in [0, 0.05) is 13.1 Å². The quantitative estimate of drug-likeness (QED) is 0.739. The van der Waals surface area contributed by atoms with Crippen molar-refractivity contribution in [3.63, 3.8) is 0 Å². The van der Waals surface area contributed by atoms with Crippen molar-refractivity contribution in [1.29, 1.82) is 0 Å². The number of ether oxygens (including phenoxy) is 3. The molecular weight excluding hydrogens is 322 g/mol. The first kappa shape index (κ1) is 19.1. The molecule has 25 heavy (non-hydrogen) atoms. The van der Waals surface area contributed by atoms with Crippen LogP contribution in [0.2, 0.25) is 0 Å². The molecular formula is C19H27NO5. The van der Waals surface area contributed by atoms with E-state index < -0.39 is 5.97 Å². The van der Waals surface area contributed by atoms with Crippen molar-refractivity contribution in [2.45, 2.75) is 38.6 Å². The Morgan fingerprint density at radius 2 is 1.72 bits per heavy atom. The van der Waals surface area contributed by atoms with E-state index in [9.17, 15) is 9.59 Å². The summed E-state index contributed by atoms with van der Waals surface area (Å²) in [7, 11) is 4.81. The first-order valence-electron chi connectivity index (χ1n) is 8.61. The zero-order chi connectivity index (χ0) is 18.4. The number of methoxy groups -OCH3 is 2. The first-order valence-corrected chi connectivity index (χ1v) is 8.61. The van der Waals surface area contributed by atoms with Gasteiger partial charge in [-0.05, 0) is 49.8 Å². The van der Waals surface area contributed by atoms with Gasteiger partial charge < -0.3 is 19.1 Å². The summed E-state index contributed by atoms with van der Waals surface area (Å²) in [6, 6.07) is 4.99. The number of rotatable bonds is 6. The van der Waals surface area contributed by atoms with Gasteiger partial charge in [0.05, 0.1) is 19.8 Å². The maximum absolute atomic E-state index is 12.3. The molecule has 1 aromatic rings. The molecule has 1 amide bonds. The third kappa shape index (κ3) is 4.87. The van der Waals surface area contributed by atoms with Crippen LogP contribution in [0.15, 0.2) is 18.2 Å². The highest BCUT2D eigenvalue weighted by Crippen LogP contribution is 2.28. The Hall–Kier alpha value is -2.24. The van der Waals surface area contributed by atoms with Gasteiger partial charge in [0.15, 0.2) is 18.1 Å². The molecule has 0 atom stereocenters. The summed E-state index contributed by atoms with van der Waals surface area (Å²) in [4.78, 5) is 26.2. The number of benzene rings is 1. The molecule has 0 saturated heterocycles. The molecule has 1 aromatic carbocycles. The van der Waals surface area contributed by atoms with Crippen LogP contribution < -0.4 is 9.47 Å². The van der Waals surface area contributed by atoms with E-state index in [2.05, 4.69) is 6.92 Å². The van der Waals surface area contributed by atoms with Gasteiger partial charge in [-0.3, -0.25) is 4.79 Å². The molecule has 0 radical (unpaired) electrons. The minimum atomic E-state index is -0.556. The SMILES string of the molecule is COc1ccc(C(=O)OCC(=O)N(C)C2CCC(C)CC2)cc1OC. The van der Waals surface area contributed by atoms with Crippen LogP contribution >= 0.6 is 0 Å². The third-order valence-corrected chi connectivity index (χ3v) is 4.87. The molecule has 1 fully saturated rings. The van der Waals surface area contributed by atoms with E-state index in [-0.39, 0.29) is 18.6 Å². The van der Waals surface area contributed by atoms with E-state index in [1.165, 1.54) is 20.3 Å². The second-order valence-corrected chi connectivity index (χ2v) is 6.56. The standard InChI is InChI=1S/C19H27NO5/c1-13-5-8-15(9-6-13)20(2)18(21)12-25-19(22)14-7-10-16(23-3)17(11-14)24-4/h7,10-11,13,15H,5-6,8-9,12H2,1-4H3. The van der Waals surface area contributed by atoms with Gasteiger partial charge in [-0.25, -0.2) is 4.79 Å². The monoisotopic (exact) mass is 349 g/mol. The van der Waals surface area contributed by atoms with E-state index in [1.54, 1.807) is 24.1 Å². The summed E-state index contributed by atoms with van der Waals surface area (Å²) >= 11 is 0. The maximum Gasteiger partial charge on any atom is 0.338 e. The number of carbonyl (C=O) groups excluding carboxylic acids is 2. The van der Waals surface area contributed by atoms with Crippen molar-refractivity contribution in [2.75, 3.05) is 27.9 Å². The lowest BCUT2D eigenvalue weighted by Crippen LogP contribution is -2.41. The zero-order valence-corrected chi connectivity index (χ0v) is 15.4. The van der Waals surface area contributed by atoms with Crippen LogP contribution in [-0.2, 0) is 9.53 Å². The summed E-state index contributed by atoms with van der Waals surface area (Å²) in [6.07, 6.45) is 4.28. The van der Waals surface area contributed by atoms with E-state index >= 15 is 0 Å². The van der Waals surface area contributed by atoms with Gasteiger partial charge in [-0.1, -0.05) is 6.92 Å². The molecule has 0 N–H and O–H groups in total. The fourth-order valence-corrected chi connectivity index (χ4v) is 3.11. The molecule has 6 nitrogen and oxygen atoms in total. The molecule has 0 heterocycles. The second kappa shape index (κ2) is 8.74. The van der Waals surface area contributed by atoms with Crippen LogP contribution in [0.5, 0.6) is 11.5 Å². The molecule has 0 aliphatic heterocycles. The molecule has 0 aromatic heterocycles. The van der Waals surface area contributed by atoms with Gasteiger partial charge in [0.2, 0.25) is 0 Å². The van der Waals surface area contributed by atoms with Crippen LogP contribution in [0.4, 0.5) is 0 Å². The highest BCUT2D eigenvalue weighted by atomic mass is 16.5. The molecule has 2 rings (SSSR count). The molecule has 138 valence electrons. The Morgan fingerprint density at radius 3 is 2.32 bits per heavy atom. The lowest BCUT2D eigenvalue weighted by molar-refractivity contribution is -0.136. The number of hydrogen-bond acceptors (Lipinski definition) is 5. The number of esters is 1. The van der Waals surface area contributed by atoms with E-state index in [4.69, 9.17) is 14.2 Å². The lowest BCUT2D eigenvalue weighted by Gasteiger charge is -2.33. The predicted octanol–water partition coefficient (Wildman–Crippen LogP) is 2.90. The summed E-state index contributed by atoms with van der Waals surface area (Å²) in [5.41, 5.74) is 0.319. The second-order valence-electron chi connectivity index (χ2n) is 6.56. The Balaban J connectivity index is 1.89. The van der Waals surface area contributed by atoms with Crippen molar-refractivity contribution in [3.05, 3.63) is 23.8 Å². The molecule has 0 spiro atoms. The van der Waals surface area contributed by atoms with Crippen LogP contribution in [0.1, 0.15) is 43.0 Å². The highest BCUT2D eigenvalue weighted by Gasteiger charge is 2.25. The minimum absolute atomic E-state index is 0.173. The number of nitrogens with zero attached hydrogens (tertiary/aromatic N) is 1. The molecule has 1 saturated carbocycles. The Morgan fingerprint density at radius 1 is 1.08 bits per heavy atom. The van der Waals surface area contributed by atoms with Crippen molar-refractivity contribution in [2.24, 2.45) is 5.92 Å². The first-order chi connectivity index (χ1) is 12.0. The van der Waals surface area contributed by atoms with Gasteiger partial charge in [-0.2, -0.15) is 0 Å². The van der Waals surface area contributed by atoms with Crippen LogP contribution in [-0.4, -0.2) is 50.7 Å². The number of likely N-dealkylation sites (N-methyl/N-ethyl adjacent to an activating group) is 1. The topological polar surface area (TPSA) is 65.1 Å². The van der Waals surface area contributed by atoms with Crippen LogP contribution in [0.25, 0.3) is 0 Å². The molecule has 6 heteroatoms. The van der Waals surface area contributed by atoms with E-state index in [1.807, 2.05) is 0 Å². The van der Waals surface area contributed by atoms with Gasteiger partial charge in [0.1, 0.15) is 0 Å². The lowest BCUT2D eigenvalue weighted by atomic mass is 9.87. The van der Waals surface area contributed by atoms with Crippen molar-refractivity contribution >= 4 is 11.9 Å². The van der Waals surface area contributed by atoms with E-state index in [0.29, 0.717) is 17.1 Å². The summed E-state index contributed by atoms with van der Waals surface area (Å²) < 4.78 is 15.5. The average molecular weight is 349 g/mol. The van der Waals surface area contributed by atoms with Crippen LogP contribution in [0.3, 0.4) is 0 Å². The normalized spacial score (nSPS) is 19.8. The van der Waals surface area contributed by atoms with Gasteiger partial charge in [0.25, 0.3) is 5.91 Å². The number of amides is 1. The Kier molecular flexibility index (Phi) is 6.67. The van der Waals surface area contributed by atoms with Crippen molar-refractivity contribution < 1.29 is 23.8 Å². The largest absolute Gasteiger partial charge is 0.493 e. The Labute approximate surface area is 149 Å². The smallest absolute Gasteiger partial charge is 0.338 e. The highest BCUT2D eigenvalue weighted by molar-refractivity contribution is 5.92. The molecule has 0 unspecified atom stereocenters. The van der Waals surface area contributed by atoms with Crippen LogP contribution in [0, 0.1) is 5.92 Å². The molecule has 1 aliphatic rings. The summed E-state index contributed by atoms with van der Waals surface area (Å²) in [5.74, 6) is 0.967. The maximum atomic E-state index is 12.3. The zero-order valence-electron chi connectivity index (χ0n) is 15.4. The average Bonchev–Trinajstić information content (AvgIpc) is 2.65. The third-order valence-electron chi connectivity index (χ3n) is 4.87. The minimum Gasteiger partial charge on any atom is -0.493 e. The molecule has 1 aliphatic carbocycles. The van der Waals surface area contributed by atoms with E-state index in [0.717, 1.165) is 31.6 Å². The number of carbonyl (C=O) groups is 2. The van der Waals surface area contributed by atoms with Crippen molar-refractivity contribution in [3.8, 4) is 11.5 Å². The predicted molar refractivity (Wildman–Crippen MR) is 94.0 cm³/mol. The molecule has 0 bridgehead atoms. The summed E-state index contributed by atoms with van der Waals surface area (Å²) in [6.45, 7) is 1.98. The number of hydrogen-bond donors (Lipinski definition) is 0. The van der Waals surface area contributed by atoms with Gasteiger partial charge >= 0.3 is 5.97 Å². The fraction of sp³-hybridized carbons (Fsp3) is 0.579.